The van der Waals surface area contributed by atoms with Gasteiger partial charge in [0.05, 0.1) is 37.9 Å². The van der Waals surface area contributed by atoms with Gasteiger partial charge in [-0.2, -0.15) is 0 Å². The quantitative estimate of drug-likeness (QED) is 0.263. The van der Waals surface area contributed by atoms with Crippen LogP contribution in [0.25, 0.3) is 0 Å². The maximum Gasteiger partial charge on any atom is 0.307 e. The molecule has 4 aliphatic carbocycles. The van der Waals surface area contributed by atoms with E-state index in [0.29, 0.717) is 35.7 Å². The first-order chi connectivity index (χ1) is 21.8. The first-order valence-electron chi connectivity index (χ1n) is 18.3. The van der Waals surface area contributed by atoms with Crippen molar-refractivity contribution in [1.29, 1.82) is 0 Å². The second-order valence-electron chi connectivity index (χ2n) is 18.5. The molecule has 1 saturated heterocycles. The highest BCUT2D eigenvalue weighted by Gasteiger charge is 2.72. The Kier molecular flexibility index (Phi) is 8.79. The van der Waals surface area contributed by atoms with Gasteiger partial charge in [-0.1, -0.05) is 74.0 Å². The molecular formula is C38H61BrN4O4. The second-order valence-corrected chi connectivity index (χ2v) is 19.3. The van der Waals surface area contributed by atoms with Crippen molar-refractivity contribution < 1.29 is 19.4 Å². The number of rotatable bonds is 8. The molecule has 47 heavy (non-hydrogen) atoms. The summed E-state index contributed by atoms with van der Waals surface area (Å²) in [5.74, 6) is 0.578. The number of fused-ring (bicyclic) bond motifs is 3. The van der Waals surface area contributed by atoms with E-state index in [-0.39, 0.29) is 51.1 Å². The average Bonchev–Trinajstić information content (AvgIpc) is 3.41. The summed E-state index contributed by atoms with van der Waals surface area (Å²) in [6.45, 7) is 24.5. The summed E-state index contributed by atoms with van der Waals surface area (Å²) in [5.41, 5.74) is 6.65. The number of nitrogens with zero attached hydrogens (tertiary/aromatic N) is 3. The zero-order valence-corrected chi connectivity index (χ0v) is 32.2. The van der Waals surface area contributed by atoms with Gasteiger partial charge < -0.3 is 24.9 Å². The largest absolute Gasteiger partial charge is 0.481 e. The Hall–Kier alpha value is -1.29. The number of aromatic nitrogens is 3. The Bertz CT molecular complexity index is 1410. The molecule has 6 rings (SSSR count). The molecule has 0 unspecified atom stereocenters. The van der Waals surface area contributed by atoms with Crippen LogP contribution in [-0.2, 0) is 14.3 Å². The Balaban J connectivity index is 1.52. The predicted octanol–water partition coefficient (Wildman–Crippen LogP) is 7.93. The van der Waals surface area contributed by atoms with Crippen molar-refractivity contribution in [1.82, 2.24) is 14.8 Å². The standard InChI is InChI=1S/C38H61BrN4O4/c1-22(2)24(5)34(7)15-16-35(8)25-11-12-28-33(6)17-27(43-21-41-42-32(43)39)30(47-19-37(10,40)23(3)4)38(28,20-46-18-33)26(25)13-14-36(35,9)29(34)31(44)45/h13,21-25,27-30H,11-12,14-20,40H2,1-10H3,(H,44,45)/t24-,25+,27-,28-,29-,30+,33-,34-,35-,36+,37+,38+/m1/s1. The summed E-state index contributed by atoms with van der Waals surface area (Å²) in [6, 6.07) is 0.00144. The Labute approximate surface area is 291 Å². The summed E-state index contributed by atoms with van der Waals surface area (Å²) in [4.78, 5) is 13.5. The van der Waals surface area contributed by atoms with E-state index in [9.17, 15) is 9.90 Å². The van der Waals surface area contributed by atoms with Gasteiger partial charge in [-0.3, -0.25) is 4.79 Å². The molecule has 0 aromatic carbocycles. The summed E-state index contributed by atoms with van der Waals surface area (Å²) in [6.07, 6.45) is 9.94. The third-order valence-corrected chi connectivity index (χ3v) is 16.4. The third kappa shape index (κ3) is 4.92. The number of hydrogen-bond acceptors (Lipinski definition) is 6. The van der Waals surface area contributed by atoms with Crippen molar-refractivity contribution in [2.24, 2.45) is 68.3 Å². The fourth-order valence-corrected chi connectivity index (χ4v) is 12.5. The average molecular weight is 718 g/mol. The van der Waals surface area contributed by atoms with Crippen LogP contribution in [0, 0.1) is 62.6 Å². The highest BCUT2D eigenvalue weighted by molar-refractivity contribution is 9.10. The summed E-state index contributed by atoms with van der Waals surface area (Å²) >= 11 is 3.72. The number of allylic oxidation sites excluding steroid dienone is 1. The van der Waals surface area contributed by atoms with Gasteiger partial charge in [0.15, 0.2) is 4.73 Å². The molecule has 1 aliphatic heterocycles. The van der Waals surface area contributed by atoms with Crippen LogP contribution in [0.5, 0.6) is 0 Å². The number of ether oxygens (including phenoxy) is 2. The first-order valence-corrected chi connectivity index (χ1v) is 19.1. The van der Waals surface area contributed by atoms with Gasteiger partial charge in [-0.25, -0.2) is 0 Å². The molecule has 8 nitrogen and oxygen atoms in total. The Morgan fingerprint density at radius 2 is 1.85 bits per heavy atom. The summed E-state index contributed by atoms with van der Waals surface area (Å²) in [5, 5.41) is 19.7. The molecular weight excluding hydrogens is 656 g/mol. The van der Waals surface area contributed by atoms with Crippen molar-refractivity contribution in [2.45, 2.75) is 125 Å². The maximum atomic E-state index is 13.5. The molecule has 12 atom stereocenters. The van der Waals surface area contributed by atoms with E-state index >= 15 is 0 Å². The number of carboxylic acids is 1. The van der Waals surface area contributed by atoms with Crippen LogP contribution in [0.15, 0.2) is 22.7 Å². The molecule has 0 amide bonds. The fraction of sp³-hybridized carbons (Fsp3) is 0.868. The van der Waals surface area contributed by atoms with Crippen LogP contribution in [-0.4, -0.2) is 57.3 Å². The van der Waals surface area contributed by atoms with E-state index in [1.54, 1.807) is 0 Å². The van der Waals surface area contributed by atoms with Crippen molar-refractivity contribution in [3.05, 3.63) is 22.7 Å². The number of halogens is 1. The van der Waals surface area contributed by atoms with Crippen LogP contribution in [0.1, 0.15) is 114 Å². The molecule has 264 valence electrons. The predicted molar refractivity (Wildman–Crippen MR) is 188 cm³/mol. The first kappa shape index (κ1) is 35.5. The molecule has 0 radical (unpaired) electrons. The second kappa shape index (κ2) is 11.6. The topological polar surface area (TPSA) is 112 Å². The van der Waals surface area contributed by atoms with E-state index < -0.39 is 17.4 Å². The highest BCUT2D eigenvalue weighted by atomic mass is 79.9. The molecule has 3 N–H and O–H groups in total. The zero-order valence-electron chi connectivity index (χ0n) is 30.6. The van der Waals surface area contributed by atoms with Crippen molar-refractivity contribution in [3.8, 4) is 0 Å². The summed E-state index contributed by atoms with van der Waals surface area (Å²) in [7, 11) is 0. The van der Waals surface area contributed by atoms with Gasteiger partial charge in [-0.05, 0) is 113 Å². The molecule has 2 heterocycles. The van der Waals surface area contributed by atoms with Gasteiger partial charge in [0.25, 0.3) is 0 Å². The van der Waals surface area contributed by atoms with Gasteiger partial charge >= 0.3 is 5.97 Å². The maximum absolute atomic E-state index is 13.5. The van der Waals surface area contributed by atoms with E-state index in [4.69, 9.17) is 15.2 Å². The van der Waals surface area contributed by atoms with Crippen molar-refractivity contribution in [2.75, 3.05) is 19.8 Å². The number of carbonyl (C=O) groups is 1. The van der Waals surface area contributed by atoms with Crippen molar-refractivity contribution >= 4 is 21.9 Å². The lowest BCUT2D eigenvalue weighted by molar-refractivity contribution is -0.253. The van der Waals surface area contributed by atoms with Crippen LogP contribution >= 0.6 is 15.9 Å². The van der Waals surface area contributed by atoms with Gasteiger partial charge in [0, 0.05) is 11.0 Å². The molecule has 4 fully saturated rings. The molecule has 5 aliphatic rings. The van der Waals surface area contributed by atoms with Crippen LogP contribution in [0.4, 0.5) is 0 Å². The van der Waals surface area contributed by atoms with Gasteiger partial charge in [0.2, 0.25) is 0 Å². The minimum Gasteiger partial charge on any atom is -0.481 e. The van der Waals surface area contributed by atoms with E-state index in [1.807, 2.05) is 6.33 Å². The van der Waals surface area contributed by atoms with Gasteiger partial charge in [0.1, 0.15) is 6.33 Å². The van der Waals surface area contributed by atoms with Crippen LogP contribution < -0.4 is 5.73 Å². The number of hydrogen-bond donors (Lipinski definition) is 2. The third-order valence-electron chi connectivity index (χ3n) is 15.8. The molecule has 1 aromatic heterocycles. The Morgan fingerprint density at radius 3 is 2.45 bits per heavy atom. The van der Waals surface area contributed by atoms with E-state index in [2.05, 4.69) is 106 Å². The molecule has 2 bridgehead atoms. The van der Waals surface area contributed by atoms with Crippen molar-refractivity contribution in [3.63, 3.8) is 0 Å². The minimum absolute atomic E-state index is 0.00144. The summed E-state index contributed by atoms with van der Waals surface area (Å²) < 4.78 is 16.8. The normalized spacial score (nSPS) is 45.0. The SMILES string of the molecule is CC(C)[C@@H](C)[C@@]1(C)CC[C@]2(C)[C@H]3CC[C@@H]4[C@@]5(C)COC[C@@]4(C3=CC[C@@]2(C)[C@@H]1C(=O)O)[C@@H](OC[C@](C)(N)C(C)C)[C@H](n1cnnc1Br)C5. The highest BCUT2D eigenvalue weighted by Crippen LogP contribution is 2.75. The lowest BCUT2D eigenvalue weighted by Crippen LogP contribution is -2.70. The van der Waals surface area contributed by atoms with E-state index in [0.717, 1.165) is 45.1 Å². The van der Waals surface area contributed by atoms with Crippen LogP contribution in [0.3, 0.4) is 0 Å². The number of carboxylic acid groups (broad SMARTS) is 1. The monoisotopic (exact) mass is 716 g/mol. The lowest BCUT2D eigenvalue weighted by atomic mass is 9.34. The smallest absolute Gasteiger partial charge is 0.307 e. The minimum atomic E-state index is -0.627. The number of nitrogens with two attached hydrogens (primary N) is 1. The van der Waals surface area contributed by atoms with E-state index in [1.165, 1.54) is 5.57 Å². The number of aliphatic carboxylic acids is 1. The van der Waals surface area contributed by atoms with Crippen LogP contribution in [0.2, 0.25) is 0 Å². The molecule has 9 heteroatoms. The zero-order chi connectivity index (χ0) is 34.5. The molecule has 3 saturated carbocycles. The lowest BCUT2D eigenvalue weighted by Gasteiger charge is -2.71. The Morgan fingerprint density at radius 1 is 1.15 bits per heavy atom. The molecule has 0 spiro atoms. The molecule has 1 aromatic rings. The fourth-order valence-electron chi connectivity index (χ4n) is 12.0. The van der Waals surface area contributed by atoms with Gasteiger partial charge in [-0.15, -0.1) is 10.2 Å².